The van der Waals surface area contributed by atoms with Crippen LogP contribution in [0.4, 0.5) is 0 Å². The van der Waals surface area contributed by atoms with Crippen molar-refractivity contribution in [1.29, 1.82) is 0 Å². The molecule has 2 N–H and O–H groups in total. The minimum atomic E-state index is -0.796. The van der Waals surface area contributed by atoms with Gasteiger partial charge in [0.2, 0.25) is 0 Å². The topological polar surface area (TPSA) is 70.0 Å². The van der Waals surface area contributed by atoms with Crippen LogP contribution in [-0.4, -0.2) is 52.9 Å². The molecule has 1 aromatic carbocycles. The fourth-order valence-electron chi connectivity index (χ4n) is 2.31. The summed E-state index contributed by atoms with van der Waals surface area (Å²) in [6.07, 6.45) is 1.73. The molecule has 1 aliphatic rings. The van der Waals surface area contributed by atoms with Crippen LogP contribution in [0.5, 0.6) is 0 Å². The van der Waals surface area contributed by atoms with E-state index in [4.69, 9.17) is 9.84 Å². The van der Waals surface area contributed by atoms with Crippen molar-refractivity contribution < 1.29 is 19.7 Å². The van der Waals surface area contributed by atoms with Crippen molar-refractivity contribution in [3.63, 3.8) is 0 Å². The van der Waals surface area contributed by atoms with Crippen LogP contribution < -0.4 is 0 Å². The number of rotatable bonds is 10. The number of nitrogens with zero attached hydrogens (tertiary/aromatic N) is 1. The first-order valence-corrected chi connectivity index (χ1v) is 7.40. The Bertz CT molecular complexity index is 433. The van der Waals surface area contributed by atoms with Gasteiger partial charge in [-0.25, -0.2) is 0 Å². The first-order valence-electron chi connectivity index (χ1n) is 7.40. The van der Waals surface area contributed by atoms with Gasteiger partial charge in [0.05, 0.1) is 25.7 Å². The molecule has 1 aromatic rings. The summed E-state index contributed by atoms with van der Waals surface area (Å²) in [6, 6.07) is 10.3. The molecule has 0 heterocycles. The second kappa shape index (κ2) is 8.12. The average Bonchev–Trinajstić information content (AvgIpc) is 3.29. The lowest BCUT2D eigenvalue weighted by Gasteiger charge is -2.24. The first-order chi connectivity index (χ1) is 10.1. The zero-order valence-electron chi connectivity index (χ0n) is 12.1. The highest BCUT2D eigenvalue weighted by molar-refractivity contribution is 5.66. The maximum Gasteiger partial charge on any atom is 0.304 e. The van der Waals surface area contributed by atoms with Crippen LogP contribution in [0.3, 0.4) is 0 Å². The van der Waals surface area contributed by atoms with Crippen molar-refractivity contribution in [2.45, 2.75) is 38.0 Å². The van der Waals surface area contributed by atoms with Gasteiger partial charge in [-0.15, -0.1) is 0 Å². The third kappa shape index (κ3) is 6.25. The zero-order chi connectivity index (χ0) is 15.1. The van der Waals surface area contributed by atoms with E-state index in [1.165, 1.54) is 0 Å². The largest absolute Gasteiger partial charge is 0.481 e. The van der Waals surface area contributed by atoms with E-state index in [1.54, 1.807) is 0 Å². The van der Waals surface area contributed by atoms with Gasteiger partial charge in [-0.2, -0.15) is 0 Å². The van der Waals surface area contributed by atoms with E-state index >= 15 is 0 Å². The Morgan fingerprint density at radius 2 is 2.05 bits per heavy atom. The van der Waals surface area contributed by atoms with Gasteiger partial charge >= 0.3 is 5.97 Å². The van der Waals surface area contributed by atoms with Crippen molar-refractivity contribution >= 4 is 5.97 Å². The minimum absolute atomic E-state index is 0.119. The Hall–Kier alpha value is -1.43. The van der Waals surface area contributed by atoms with Crippen LogP contribution in [0, 0.1) is 0 Å². The molecule has 0 saturated heterocycles. The fraction of sp³-hybridized carbons (Fsp3) is 0.562. The number of aliphatic hydroxyl groups excluding tert-OH is 1. The molecule has 21 heavy (non-hydrogen) atoms. The van der Waals surface area contributed by atoms with Crippen LogP contribution >= 0.6 is 0 Å². The van der Waals surface area contributed by atoms with Crippen molar-refractivity contribution in [2.24, 2.45) is 0 Å². The standard InChI is InChI=1S/C16H23NO4/c18-15(12-21-11-13-4-2-1-3-5-13)10-17(14-6-7-14)9-8-16(19)20/h1-5,14-15,18H,6-12H2,(H,19,20). The summed E-state index contributed by atoms with van der Waals surface area (Å²) in [5.74, 6) is -0.796. The monoisotopic (exact) mass is 293 g/mol. The molecule has 2 rings (SSSR count). The molecular formula is C16H23NO4. The number of carbonyl (C=O) groups is 1. The van der Waals surface area contributed by atoms with Crippen LogP contribution in [0.15, 0.2) is 30.3 Å². The average molecular weight is 293 g/mol. The molecule has 5 heteroatoms. The van der Waals surface area contributed by atoms with Crippen molar-refractivity contribution in [1.82, 2.24) is 4.90 Å². The number of benzene rings is 1. The molecule has 0 radical (unpaired) electrons. The van der Waals surface area contributed by atoms with Gasteiger partial charge in [0, 0.05) is 19.1 Å². The first kappa shape index (κ1) is 15.9. The quantitative estimate of drug-likeness (QED) is 0.684. The van der Waals surface area contributed by atoms with Crippen molar-refractivity contribution in [2.75, 3.05) is 19.7 Å². The van der Waals surface area contributed by atoms with E-state index in [9.17, 15) is 9.90 Å². The van der Waals surface area contributed by atoms with Crippen molar-refractivity contribution in [3.8, 4) is 0 Å². The number of ether oxygens (including phenoxy) is 1. The SMILES string of the molecule is O=C(O)CCN(CC(O)COCc1ccccc1)C1CC1. The van der Waals surface area contributed by atoms with E-state index < -0.39 is 12.1 Å². The van der Waals surface area contributed by atoms with Gasteiger partial charge in [0.25, 0.3) is 0 Å². The zero-order valence-corrected chi connectivity index (χ0v) is 12.1. The van der Waals surface area contributed by atoms with Gasteiger partial charge in [0.15, 0.2) is 0 Å². The molecule has 1 unspecified atom stereocenters. The van der Waals surface area contributed by atoms with Crippen LogP contribution in [0.1, 0.15) is 24.8 Å². The highest BCUT2D eigenvalue weighted by Gasteiger charge is 2.30. The summed E-state index contributed by atoms with van der Waals surface area (Å²) in [6.45, 7) is 1.73. The van der Waals surface area contributed by atoms with Crippen LogP contribution in [0.25, 0.3) is 0 Å². The number of carboxylic acid groups (broad SMARTS) is 1. The summed E-state index contributed by atoms with van der Waals surface area (Å²) in [4.78, 5) is 12.7. The molecular weight excluding hydrogens is 270 g/mol. The number of aliphatic hydroxyl groups is 1. The second-order valence-corrected chi connectivity index (χ2v) is 5.52. The number of carboxylic acids is 1. The van der Waals surface area contributed by atoms with Gasteiger partial charge in [0.1, 0.15) is 0 Å². The maximum atomic E-state index is 10.6. The van der Waals surface area contributed by atoms with Gasteiger partial charge in [-0.3, -0.25) is 9.69 Å². The number of aliphatic carboxylic acids is 1. The lowest BCUT2D eigenvalue weighted by molar-refractivity contribution is -0.137. The summed E-state index contributed by atoms with van der Waals surface area (Å²) >= 11 is 0. The van der Waals surface area contributed by atoms with E-state index in [0.717, 1.165) is 18.4 Å². The van der Waals surface area contributed by atoms with E-state index in [1.807, 2.05) is 30.3 Å². The smallest absolute Gasteiger partial charge is 0.304 e. The Morgan fingerprint density at radius 1 is 1.33 bits per heavy atom. The Kier molecular flexibility index (Phi) is 6.17. The lowest BCUT2D eigenvalue weighted by Crippen LogP contribution is -2.37. The van der Waals surface area contributed by atoms with Gasteiger partial charge < -0.3 is 14.9 Å². The summed E-state index contributed by atoms with van der Waals surface area (Å²) in [7, 11) is 0. The Morgan fingerprint density at radius 3 is 2.67 bits per heavy atom. The molecule has 1 atom stereocenters. The van der Waals surface area contributed by atoms with Gasteiger partial charge in [-0.05, 0) is 18.4 Å². The number of hydrogen-bond acceptors (Lipinski definition) is 4. The Labute approximate surface area is 125 Å². The summed E-state index contributed by atoms with van der Waals surface area (Å²) in [5, 5.41) is 18.8. The maximum absolute atomic E-state index is 10.6. The van der Waals surface area contributed by atoms with Gasteiger partial charge in [-0.1, -0.05) is 30.3 Å². The van der Waals surface area contributed by atoms with E-state index in [0.29, 0.717) is 25.7 Å². The second-order valence-electron chi connectivity index (χ2n) is 5.52. The normalized spacial score (nSPS) is 16.1. The van der Waals surface area contributed by atoms with Crippen molar-refractivity contribution in [3.05, 3.63) is 35.9 Å². The predicted molar refractivity (Wildman–Crippen MR) is 79.0 cm³/mol. The molecule has 1 aliphatic carbocycles. The highest BCUT2D eigenvalue weighted by atomic mass is 16.5. The van der Waals surface area contributed by atoms with E-state index in [-0.39, 0.29) is 13.0 Å². The molecule has 116 valence electrons. The molecule has 0 aliphatic heterocycles. The van der Waals surface area contributed by atoms with Crippen LogP contribution in [-0.2, 0) is 16.1 Å². The fourth-order valence-corrected chi connectivity index (χ4v) is 2.31. The minimum Gasteiger partial charge on any atom is -0.481 e. The third-order valence-corrected chi connectivity index (χ3v) is 3.54. The summed E-state index contributed by atoms with van der Waals surface area (Å²) < 4.78 is 5.52. The Balaban J connectivity index is 1.67. The molecule has 1 saturated carbocycles. The molecule has 5 nitrogen and oxygen atoms in total. The summed E-state index contributed by atoms with van der Waals surface area (Å²) in [5.41, 5.74) is 1.08. The van der Waals surface area contributed by atoms with Crippen LogP contribution in [0.2, 0.25) is 0 Å². The number of hydrogen-bond donors (Lipinski definition) is 2. The predicted octanol–water partition coefficient (Wildman–Crippen LogP) is 1.50. The lowest BCUT2D eigenvalue weighted by atomic mass is 10.2. The molecule has 0 amide bonds. The molecule has 0 aromatic heterocycles. The highest BCUT2D eigenvalue weighted by Crippen LogP contribution is 2.27. The van der Waals surface area contributed by atoms with E-state index in [2.05, 4.69) is 4.90 Å². The molecule has 0 bridgehead atoms. The molecule has 0 spiro atoms. The molecule has 1 fully saturated rings. The third-order valence-electron chi connectivity index (χ3n) is 3.54.